The van der Waals surface area contributed by atoms with Crippen LogP contribution < -0.4 is 5.32 Å². The van der Waals surface area contributed by atoms with Crippen molar-refractivity contribution in [1.82, 2.24) is 0 Å². The largest absolute Gasteiger partial charge is 0.390 e. The molecule has 108 valence electrons. The molecule has 0 amide bonds. The maximum absolute atomic E-state index is 13.4. The fraction of sp³-hybridized carbons (Fsp3) is 0.200. The first-order valence-electron chi connectivity index (χ1n) is 6.52. The number of anilines is 1. The molecule has 2 unspecified atom stereocenters. The van der Waals surface area contributed by atoms with Gasteiger partial charge in [0.1, 0.15) is 11.5 Å². The van der Waals surface area contributed by atoms with E-state index in [0.29, 0.717) is 6.42 Å². The summed E-state index contributed by atoms with van der Waals surface area (Å²) in [6.45, 7) is 0. The Balaban J connectivity index is 1.97. The van der Waals surface area contributed by atoms with Crippen LogP contribution in [0.5, 0.6) is 0 Å². The molecule has 3 rings (SSSR count). The van der Waals surface area contributed by atoms with Crippen LogP contribution in [0.2, 0.25) is 0 Å². The highest BCUT2D eigenvalue weighted by atomic mass is 19.1. The number of hydrogen-bond acceptors (Lipinski definition) is 4. The number of fused-ring (bicyclic) bond motifs is 1. The van der Waals surface area contributed by atoms with Crippen LogP contribution in [0.4, 0.5) is 15.8 Å². The molecule has 0 saturated carbocycles. The van der Waals surface area contributed by atoms with Crippen molar-refractivity contribution in [2.45, 2.75) is 18.6 Å². The van der Waals surface area contributed by atoms with Crippen molar-refractivity contribution in [1.29, 1.82) is 0 Å². The van der Waals surface area contributed by atoms with E-state index in [9.17, 15) is 19.6 Å². The van der Waals surface area contributed by atoms with Gasteiger partial charge in [-0.25, -0.2) is 4.39 Å². The quantitative estimate of drug-likeness (QED) is 0.672. The van der Waals surface area contributed by atoms with Crippen LogP contribution in [-0.2, 0) is 6.42 Å². The van der Waals surface area contributed by atoms with E-state index in [1.807, 2.05) is 24.3 Å². The molecule has 5 nitrogen and oxygen atoms in total. The standard InChI is InChI=1S/C15H13FN2O3/c16-10-5-6-13(18(20)21)12(8-10)17-15-11-4-2-1-3-9(11)7-14(15)19/h1-6,8,14-15,17,19H,7H2. The van der Waals surface area contributed by atoms with Crippen LogP contribution >= 0.6 is 0 Å². The molecule has 0 aliphatic heterocycles. The van der Waals surface area contributed by atoms with Crippen LogP contribution in [0.1, 0.15) is 17.2 Å². The van der Waals surface area contributed by atoms with Crippen LogP contribution in [0.25, 0.3) is 0 Å². The fourth-order valence-electron chi connectivity index (χ4n) is 2.70. The number of aliphatic hydroxyl groups is 1. The molecule has 2 aromatic rings. The Bertz CT molecular complexity index is 705. The number of aliphatic hydroxyl groups excluding tert-OH is 1. The molecular formula is C15H13FN2O3. The van der Waals surface area contributed by atoms with E-state index in [-0.39, 0.29) is 11.4 Å². The SMILES string of the molecule is O=[N+]([O-])c1ccc(F)cc1NC1c2ccccc2CC1O. The summed E-state index contributed by atoms with van der Waals surface area (Å²) in [5.74, 6) is -0.566. The molecule has 0 bridgehead atoms. The highest BCUT2D eigenvalue weighted by molar-refractivity contribution is 5.63. The second-order valence-electron chi connectivity index (χ2n) is 5.01. The van der Waals surface area contributed by atoms with Gasteiger partial charge in [-0.1, -0.05) is 24.3 Å². The van der Waals surface area contributed by atoms with Crippen LogP contribution in [-0.4, -0.2) is 16.1 Å². The maximum Gasteiger partial charge on any atom is 0.292 e. The average molecular weight is 288 g/mol. The van der Waals surface area contributed by atoms with Gasteiger partial charge >= 0.3 is 0 Å². The highest BCUT2D eigenvalue weighted by Crippen LogP contribution is 2.36. The van der Waals surface area contributed by atoms with E-state index in [1.165, 1.54) is 0 Å². The molecule has 0 spiro atoms. The van der Waals surface area contributed by atoms with Gasteiger partial charge in [0.2, 0.25) is 0 Å². The zero-order chi connectivity index (χ0) is 15.0. The first-order chi connectivity index (χ1) is 10.1. The van der Waals surface area contributed by atoms with E-state index in [1.54, 1.807) is 0 Å². The minimum Gasteiger partial charge on any atom is -0.390 e. The Morgan fingerprint density at radius 1 is 1.29 bits per heavy atom. The number of hydrogen-bond donors (Lipinski definition) is 2. The van der Waals surface area contributed by atoms with Gasteiger partial charge in [0, 0.05) is 18.6 Å². The van der Waals surface area contributed by atoms with Gasteiger partial charge < -0.3 is 10.4 Å². The number of nitro groups is 1. The molecule has 1 aliphatic carbocycles. The molecule has 2 atom stereocenters. The van der Waals surface area contributed by atoms with Crippen LogP contribution in [0.3, 0.4) is 0 Å². The van der Waals surface area contributed by atoms with Gasteiger partial charge in [0.25, 0.3) is 5.69 Å². The van der Waals surface area contributed by atoms with E-state index in [0.717, 1.165) is 29.3 Å². The van der Waals surface area contributed by atoms with Crippen molar-refractivity contribution >= 4 is 11.4 Å². The summed E-state index contributed by atoms with van der Waals surface area (Å²) in [4.78, 5) is 10.4. The van der Waals surface area contributed by atoms with Gasteiger partial charge in [0.15, 0.2) is 0 Å². The molecule has 0 fully saturated rings. The summed E-state index contributed by atoms with van der Waals surface area (Å²) in [6, 6.07) is 10.2. The van der Waals surface area contributed by atoms with Crippen LogP contribution in [0.15, 0.2) is 42.5 Å². The van der Waals surface area contributed by atoms with Crippen molar-refractivity contribution in [3.63, 3.8) is 0 Å². The second-order valence-corrected chi connectivity index (χ2v) is 5.01. The zero-order valence-electron chi connectivity index (χ0n) is 11.0. The third-order valence-corrected chi connectivity index (χ3v) is 3.67. The molecule has 2 aromatic carbocycles. The molecule has 1 aliphatic rings. The lowest BCUT2D eigenvalue weighted by Crippen LogP contribution is -2.21. The minimum atomic E-state index is -0.703. The third-order valence-electron chi connectivity index (χ3n) is 3.67. The van der Waals surface area contributed by atoms with Gasteiger partial charge in [-0.05, 0) is 17.2 Å². The third kappa shape index (κ3) is 2.45. The number of nitrogens with zero attached hydrogens (tertiary/aromatic N) is 1. The van der Waals surface area contributed by atoms with Gasteiger partial charge in [-0.2, -0.15) is 0 Å². The number of nitro benzene ring substituents is 1. The van der Waals surface area contributed by atoms with Crippen molar-refractivity contribution in [2.24, 2.45) is 0 Å². The Morgan fingerprint density at radius 3 is 2.81 bits per heavy atom. The molecule has 6 heteroatoms. The summed E-state index contributed by atoms with van der Waals surface area (Å²) < 4.78 is 13.4. The van der Waals surface area contributed by atoms with Gasteiger partial charge in [0.05, 0.1) is 17.1 Å². The van der Waals surface area contributed by atoms with Crippen molar-refractivity contribution in [2.75, 3.05) is 5.32 Å². The highest BCUT2D eigenvalue weighted by Gasteiger charge is 2.32. The molecule has 0 aromatic heterocycles. The Morgan fingerprint density at radius 2 is 2.05 bits per heavy atom. The second kappa shape index (κ2) is 5.14. The lowest BCUT2D eigenvalue weighted by atomic mass is 10.1. The molecule has 21 heavy (non-hydrogen) atoms. The molecular weight excluding hydrogens is 275 g/mol. The van der Waals surface area contributed by atoms with Gasteiger partial charge in [-0.15, -0.1) is 0 Å². The predicted molar refractivity (Wildman–Crippen MR) is 75.6 cm³/mol. The van der Waals surface area contributed by atoms with Gasteiger partial charge in [-0.3, -0.25) is 10.1 Å². The Kier molecular flexibility index (Phi) is 3.31. The topological polar surface area (TPSA) is 75.4 Å². The van der Waals surface area contributed by atoms with Crippen molar-refractivity contribution in [3.8, 4) is 0 Å². The summed E-state index contributed by atoms with van der Waals surface area (Å²) in [6.07, 6.45) is -0.234. The monoisotopic (exact) mass is 288 g/mol. The molecule has 0 saturated heterocycles. The average Bonchev–Trinajstić information content (AvgIpc) is 2.75. The first kappa shape index (κ1) is 13.5. The Hall–Kier alpha value is -2.47. The van der Waals surface area contributed by atoms with E-state index in [2.05, 4.69) is 5.32 Å². The Labute approximate surface area is 120 Å². The number of benzene rings is 2. The molecule has 0 radical (unpaired) electrons. The van der Waals surface area contributed by atoms with Crippen molar-refractivity contribution < 1.29 is 14.4 Å². The number of rotatable bonds is 3. The number of halogens is 1. The fourth-order valence-corrected chi connectivity index (χ4v) is 2.70. The summed E-state index contributed by atoms with van der Waals surface area (Å²) in [7, 11) is 0. The molecule has 0 heterocycles. The smallest absolute Gasteiger partial charge is 0.292 e. The van der Waals surface area contributed by atoms with E-state index < -0.39 is 22.9 Å². The zero-order valence-corrected chi connectivity index (χ0v) is 11.0. The summed E-state index contributed by atoms with van der Waals surface area (Å²) in [5.41, 5.74) is 1.72. The minimum absolute atomic E-state index is 0.0701. The molecule has 2 N–H and O–H groups in total. The normalized spacial score (nSPS) is 20.1. The van der Waals surface area contributed by atoms with E-state index >= 15 is 0 Å². The predicted octanol–water partition coefficient (Wildman–Crippen LogP) is 2.80. The summed E-state index contributed by atoms with van der Waals surface area (Å²) >= 11 is 0. The first-order valence-corrected chi connectivity index (χ1v) is 6.52. The van der Waals surface area contributed by atoms with E-state index in [4.69, 9.17) is 0 Å². The number of nitrogens with one attached hydrogen (secondary N) is 1. The van der Waals surface area contributed by atoms with Crippen molar-refractivity contribution in [3.05, 3.63) is 69.5 Å². The summed E-state index contributed by atoms with van der Waals surface area (Å²) in [5, 5.41) is 24.1. The van der Waals surface area contributed by atoms with Crippen LogP contribution in [0, 0.1) is 15.9 Å². The maximum atomic E-state index is 13.4. The lowest BCUT2D eigenvalue weighted by molar-refractivity contribution is -0.384. The lowest BCUT2D eigenvalue weighted by Gasteiger charge is -2.19.